The van der Waals surface area contributed by atoms with Crippen LogP contribution in [-0.4, -0.2) is 27.4 Å². The molecule has 0 atom stereocenters. The van der Waals surface area contributed by atoms with Crippen LogP contribution in [0.2, 0.25) is 0 Å². The van der Waals surface area contributed by atoms with Crippen molar-refractivity contribution in [2.45, 2.75) is 0 Å². The summed E-state index contributed by atoms with van der Waals surface area (Å²) in [5, 5.41) is 8.54. The number of fused-ring (bicyclic) bond motifs is 7. The van der Waals surface area contributed by atoms with Crippen LogP contribution < -0.4 is 9.98 Å². The van der Waals surface area contributed by atoms with Crippen molar-refractivity contribution in [3.8, 4) is 16.8 Å². The first-order valence-corrected chi connectivity index (χ1v) is 14.7. The molecule has 202 valence electrons. The number of hydrogen-bond donors (Lipinski definition) is 1. The van der Waals surface area contributed by atoms with Gasteiger partial charge in [-0.2, -0.15) is 4.57 Å². The molecule has 1 aliphatic heterocycles. The van der Waals surface area contributed by atoms with Crippen molar-refractivity contribution < 1.29 is 0 Å². The first-order valence-electron chi connectivity index (χ1n) is 14.7. The highest BCUT2D eigenvalue weighted by atomic mass is 15.2. The Kier molecular flexibility index (Phi) is 5.18. The molecule has 0 amide bonds. The van der Waals surface area contributed by atoms with Gasteiger partial charge < -0.3 is 4.57 Å². The van der Waals surface area contributed by atoms with E-state index in [0.717, 1.165) is 34.0 Å². The molecule has 1 aliphatic rings. The second-order valence-corrected chi connectivity index (χ2v) is 11.1. The summed E-state index contributed by atoms with van der Waals surface area (Å²) in [6, 6.07) is 51.9. The van der Waals surface area contributed by atoms with Gasteiger partial charge in [-0.3, -0.25) is 5.32 Å². The number of hydrogen-bond acceptors (Lipinski definition) is 1. The molecular formula is C39H27N4+. The number of rotatable bonds is 3. The second-order valence-electron chi connectivity index (χ2n) is 11.1. The molecule has 0 spiro atoms. The zero-order chi connectivity index (χ0) is 28.3. The van der Waals surface area contributed by atoms with Crippen LogP contribution in [-0.2, 0) is 0 Å². The predicted molar refractivity (Wildman–Crippen MR) is 180 cm³/mol. The number of nitrogens with one attached hydrogen (secondary N) is 1. The molecule has 0 radical (unpaired) electrons. The van der Waals surface area contributed by atoms with Gasteiger partial charge in [0.1, 0.15) is 17.6 Å². The van der Waals surface area contributed by atoms with Gasteiger partial charge in [-0.05, 0) is 41.5 Å². The van der Waals surface area contributed by atoms with E-state index in [0.29, 0.717) is 6.54 Å². The maximum atomic E-state index is 5.19. The molecule has 4 nitrogen and oxygen atoms in total. The zero-order valence-corrected chi connectivity index (χ0v) is 23.4. The van der Waals surface area contributed by atoms with Crippen molar-refractivity contribution in [3.63, 3.8) is 0 Å². The van der Waals surface area contributed by atoms with E-state index in [1.54, 1.807) is 0 Å². The van der Waals surface area contributed by atoms with E-state index < -0.39 is 0 Å². The molecule has 0 bridgehead atoms. The number of aromatic nitrogens is 2. The molecule has 4 heteroatoms. The molecule has 2 aromatic heterocycles. The first-order chi connectivity index (χ1) is 21.3. The van der Waals surface area contributed by atoms with E-state index in [4.69, 9.17) is 4.67 Å². The lowest BCUT2D eigenvalue weighted by Crippen LogP contribution is -2.29. The van der Waals surface area contributed by atoms with Crippen LogP contribution in [0, 0.1) is 0 Å². The second kappa shape index (κ2) is 9.35. The van der Waals surface area contributed by atoms with Crippen molar-refractivity contribution in [1.29, 1.82) is 0 Å². The quantitative estimate of drug-likeness (QED) is 0.223. The van der Waals surface area contributed by atoms with Crippen molar-refractivity contribution in [3.05, 3.63) is 151 Å². The fourth-order valence-electron chi connectivity index (χ4n) is 6.72. The minimum atomic E-state index is 0.688. The Morgan fingerprint density at radius 3 is 1.60 bits per heavy atom. The van der Waals surface area contributed by atoms with Crippen molar-refractivity contribution >= 4 is 55.3 Å². The molecule has 0 saturated heterocycles. The summed E-state index contributed by atoms with van der Waals surface area (Å²) in [5.74, 6) is 0.855. The normalized spacial score (nSPS) is 13.1. The van der Waals surface area contributed by atoms with E-state index in [1.165, 1.54) is 43.7 Å². The Bertz CT molecular complexity index is 2400. The minimum absolute atomic E-state index is 0.688. The summed E-state index contributed by atoms with van der Waals surface area (Å²) >= 11 is 0. The Morgan fingerprint density at radius 1 is 0.442 bits per heavy atom. The third-order valence-corrected chi connectivity index (χ3v) is 8.67. The molecule has 1 N–H and O–H groups in total. The number of para-hydroxylation sites is 2. The van der Waals surface area contributed by atoms with Gasteiger partial charge in [-0.1, -0.05) is 115 Å². The lowest BCUT2D eigenvalue weighted by molar-refractivity contribution is 1.04. The van der Waals surface area contributed by atoms with Crippen molar-refractivity contribution in [1.82, 2.24) is 19.1 Å². The third-order valence-electron chi connectivity index (χ3n) is 8.67. The van der Waals surface area contributed by atoms with Crippen LogP contribution in [0.4, 0.5) is 0 Å². The molecule has 43 heavy (non-hydrogen) atoms. The van der Waals surface area contributed by atoms with Crippen molar-refractivity contribution in [2.75, 3.05) is 6.54 Å². The van der Waals surface area contributed by atoms with E-state index >= 15 is 0 Å². The molecule has 8 aromatic rings. The van der Waals surface area contributed by atoms with E-state index in [-0.39, 0.29) is 0 Å². The summed E-state index contributed by atoms with van der Waals surface area (Å²) in [7, 11) is 0. The molecule has 9 rings (SSSR count). The average Bonchev–Trinajstić information content (AvgIpc) is 3.78. The highest BCUT2D eigenvalue weighted by Gasteiger charge is 2.30. The molecule has 0 aliphatic carbocycles. The molecule has 0 fully saturated rings. The first kappa shape index (κ1) is 23.8. The molecular weight excluding hydrogens is 524 g/mol. The molecule has 0 saturated carbocycles. The van der Waals surface area contributed by atoms with Gasteiger partial charge in [-0.25, -0.2) is 4.67 Å². The van der Waals surface area contributed by atoms with Crippen LogP contribution in [0.3, 0.4) is 0 Å². The van der Waals surface area contributed by atoms with Crippen LogP contribution in [0.5, 0.6) is 0 Å². The van der Waals surface area contributed by atoms with Gasteiger partial charge in [0.05, 0.1) is 11.0 Å². The predicted octanol–water partition coefficient (Wildman–Crippen LogP) is 7.92. The number of nitrogens with zero attached hydrogens (tertiary/aromatic N) is 3. The topological polar surface area (TPSA) is 36.0 Å². The molecule has 3 heterocycles. The standard InChI is InChI=1S/C39H26N4/c1-3-11-26(12-4-1)27-19-21-29(22-20-27)42-35-17-9-7-15-30(35)32-23-24-33-31-16-8-10-18-36(31)43(38(33)37(32)42)39-40-25-34(41-39)28-13-5-2-6-14-28/h1-24H,25H2/p+1. The van der Waals surface area contributed by atoms with E-state index in [9.17, 15) is 0 Å². The van der Waals surface area contributed by atoms with Gasteiger partial charge in [-0.15, -0.1) is 0 Å². The van der Waals surface area contributed by atoms with Gasteiger partial charge in [0.15, 0.2) is 0 Å². The lowest BCUT2D eigenvalue weighted by atomic mass is 10.1. The number of benzene rings is 6. The Hall–Kier alpha value is -5.83. The minimum Gasteiger partial charge on any atom is -0.306 e. The largest absolute Gasteiger partial charge is 0.451 e. The van der Waals surface area contributed by atoms with Crippen LogP contribution in [0.15, 0.2) is 146 Å². The van der Waals surface area contributed by atoms with E-state index in [1.807, 2.05) is 6.07 Å². The van der Waals surface area contributed by atoms with Crippen molar-refractivity contribution in [2.24, 2.45) is 0 Å². The zero-order valence-electron chi connectivity index (χ0n) is 23.4. The Labute approximate surface area is 248 Å². The highest BCUT2D eigenvalue weighted by molar-refractivity contribution is 6.26. The van der Waals surface area contributed by atoms with Crippen LogP contribution in [0.25, 0.3) is 60.4 Å². The fraction of sp³-hybridized carbons (Fsp3) is 0.0256. The van der Waals surface area contributed by atoms with Gasteiger partial charge >= 0.3 is 5.96 Å². The Morgan fingerprint density at radius 2 is 0.953 bits per heavy atom. The van der Waals surface area contributed by atoms with Crippen LogP contribution >= 0.6 is 0 Å². The monoisotopic (exact) mass is 551 g/mol. The van der Waals surface area contributed by atoms with Gasteiger partial charge in [0.25, 0.3) is 0 Å². The fourth-order valence-corrected chi connectivity index (χ4v) is 6.72. The molecule has 6 aromatic carbocycles. The smallest absolute Gasteiger partial charge is 0.306 e. The summed E-state index contributed by atoms with van der Waals surface area (Å²) in [6.07, 6.45) is 0. The van der Waals surface area contributed by atoms with Gasteiger partial charge in [0.2, 0.25) is 5.71 Å². The third kappa shape index (κ3) is 3.61. The summed E-state index contributed by atoms with van der Waals surface area (Å²) in [6.45, 7) is 0.688. The highest BCUT2D eigenvalue weighted by Crippen LogP contribution is 2.40. The summed E-state index contributed by atoms with van der Waals surface area (Å²) in [5.41, 5.74) is 10.4. The summed E-state index contributed by atoms with van der Waals surface area (Å²) < 4.78 is 9.94. The van der Waals surface area contributed by atoms with Crippen LogP contribution in [0.1, 0.15) is 5.56 Å². The summed E-state index contributed by atoms with van der Waals surface area (Å²) in [4.78, 5) is 0. The Balaban J connectivity index is 1.39. The average molecular weight is 552 g/mol. The van der Waals surface area contributed by atoms with Gasteiger partial charge in [0, 0.05) is 32.8 Å². The maximum absolute atomic E-state index is 5.19. The van der Waals surface area contributed by atoms with E-state index in [2.05, 4.69) is 154 Å². The molecule has 0 unspecified atom stereocenters. The maximum Gasteiger partial charge on any atom is 0.451 e. The SMILES string of the molecule is c1ccc(C2=[N+]=C(n3c4ccccc4c4ccc5c6ccccc6n(-c6ccc(-c7ccccc7)cc6)c5c43)NC2)cc1. The lowest BCUT2D eigenvalue weighted by Gasteiger charge is -2.10.